The number of hydrogen-bond acceptors (Lipinski definition) is 3. The van der Waals surface area contributed by atoms with E-state index in [4.69, 9.17) is 4.43 Å². The van der Waals surface area contributed by atoms with Crippen molar-refractivity contribution >= 4 is 9.92 Å². The summed E-state index contributed by atoms with van der Waals surface area (Å²) < 4.78 is 7.67. The van der Waals surface area contributed by atoms with E-state index in [0.717, 1.165) is 6.54 Å². The first-order valence-electron chi connectivity index (χ1n) is 5.06. The average molecular weight is 204 g/mol. The Morgan fingerprint density at radius 2 is 1.62 bits per heavy atom. The maximum Gasteiger partial charge on any atom is 0.251 e. The van der Waals surface area contributed by atoms with Crippen LogP contribution in [0.25, 0.3) is 0 Å². The highest BCUT2D eigenvalue weighted by Gasteiger charge is 2.19. The Morgan fingerprint density at radius 3 is 1.85 bits per heavy atom. The molecule has 80 valence electrons. The molecule has 0 bridgehead atoms. The molecule has 0 N–H and O–H groups in total. The normalized spacial score (nSPS) is 13.4. The van der Waals surface area contributed by atoms with Gasteiger partial charge in [0, 0.05) is 25.7 Å². The van der Waals surface area contributed by atoms with E-state index in [0.29, 0.717) is 12.1 Å². The van der Waals surface area contributed by atoms with Crippen molar-refractivity contribution < 1.29 is 4.43 Å². The summed E-state index contributed by atoms with van der Waals surface area (Å²) in [5.41, 5.74) is 0. The Bertz CT molecular complexity index is 123. The van der Waals surface area contributed by atoms with Crippen LogP contribution in [0.4, 0.5) is 0 Å². The van der Waals surface area contributed by atoms with Gasteiger partial charge in [0.1, 0.15) is 0 Å². The van der Waals surface area contributed by atoms with Crippen molar-refractivity contribution in [2.24, 2.45) is 0 Å². The molecule has 0 saturated carbocycles. The zero-order valence-corrected chi connectivity index (χ0v) is 11.3. The van der Waals surface area contributed by atoms with Gasteiger partial charge in [-0.25, -0.2) is 9.68 Å². The Morgan fingerprint density at radius 1 is 1.15 bits per heavy atom. The van der Waals surface area contributed by atoms with E-state index >= 15 is 0 Å². The van der Waals surface area contributed by atoms with Crippen LogP contribution in [0.2, 0.25) is 0 Å². The predicted molar refractivity (Wildman–Crippen MR) is 60.0 cm³/mol. The van der Waals surface area contributed by atoms with Gasteiger partial charge in [0.05, 0.1) is 0 Å². The van der Waals surface area contributed by atoms with Crippen LogP contribution >= 0.6 is 0 Å². The number of rotatable bonds is 6. The molecule has 0 aliphatic carbocycles. The fraction of sp³-hybridized carbons (Fsp3) is 1.00. The lowest BCUT2D eigenvalue weighted by atomic mass is 10.3. The van der Waals surface area contributed by atoms with Crippen molar-refractivity contribution in [2.75, 3.05) is 13.7 Å². The van der Waals surface area contributed by atoms with E-state index in [9.17, 15) is 0 Å². The molecule has 0 aliphatic rings. The van der Waals surface area contributed by atoms with Crippen molar-refractivity contribution in [1.82, 2.24) is 9.68 Å². The smallest absolute Gasteiger partial charge is 0.251 e. The summed E-state index contributed by atoms with van der Waals surface area (Å²) in [5, 5.41) is 2.41. The van der Waals surface area contributed by atoms with Gasteiger partial charge in [-0.2, -0.15) is 0 Å². The number of nitrogens with zero attached hydrogens (tertiary/aromatic N) is 2. The minimum absolute atomic E-state index is 0.538. The van der Waals surface area contributed by atoms with E-state index in [1.807, 2.05) is 0 Å². The van der Waals surface area contributed by atoms with Crippen molar-refractivity contribution in [3.05, 3.63) is 0 Å². The Balaban J connectivity index is 4.30. The Labute approximate surface area is 85.0 Å². The molecule has 0 heterocycles. The quantitative estimate of drug-likeness (QED) is 0.474. The minimum Gasteiger partial charge on any atom is -0.410 e. The zero-order chi connectivity index (χ0) is 10.4. The van der Waals surface area contributed by atoms with Crippen LogP contribution in [0.15, 0.2) is 0 Å². The molecule has 0 amide bonds. The molecule has 0 radical (unpaired) electrons. The molecule has 13 heavy (non-hydrogen) atoms. The summed E-state index contributed by atoms with van der Waals surface area (Å²) in [6, 6.07) is 1.12. The highest BCUT2D eigenvalue weighted by molar-refractivity contribution is 6.22. The van der Waals surface area contributed by atoms with Crippen molar-refractivity contribution in [1.29, 1.82) is 0 Å². The SMILES string of the molecule is CCN([SiH2]OC)N(C(C)C)C(C)C. The van der Waals surface area contributed by atoms with Gasteiger partial charge in [0.25, 0.3) is 9.92 Å². The van der Waals surface area contributed by atoms with Crippen LogP contribution in [0, 0.1) is 0 Å². The van der Waals surface area contributed by atoms with Gasteiger partial charge in [0.2, 0.25) is 0 Å². The lowest BCUT2D eigenvalue weighted by Crippen LogP contribution is -2.52. The lowest BCUT2D eigenvalue weighted by Gasteiger charge is -2.39. The summed E-state index contributed by atoms with van der Waals surface area (Å²) in [4.78, 5) is 0. The molecule has 0 aliphatic heterocycles. The summed E-state index contributed by atoms with van der Waals surface area (Å²) in [6.45, 7) is 12.2. The first-order valence-corrected chi connectivity index (χ1v) is 6.27. The molecule has 0 rings (SSSR count). The summed E-state index contributed by atoms with van der Waals surface area (Å²) in [6.07, 6.45) is 0. The highest BCUT2D eigenvalue weighted by atomic mass is 28.2. The number of hydrazine groups is 1. The summed E-state index contributed by atoms with van der Waals surface area (Å²) in [5.74, 6) is 0. The monoisotopic (exact) mass is 204 g/mol. The Hall–Kier alpha value is 0.0969. The van der Waals surface area contributed by atoms with Crippen LogP contribution in [0.1, 0.15) is 34.6 Å². The van der Waals surface area contributed by atoms with Crippen molar-refractivity contribution in [2.45, 2.75) is 46.7 Å². The third-order valence-electron chi connectivity index (χ3n) is 2.03. The second kappa shape index (κ2) is 6.54. The molecule has 4 heteroatoms. The van der Waals surface area contributed by atoms with Gasteiger partial charge in [-0.05, 0) is 27.7 Å². The predicted octanol–water partition coefficient (Wildman–Crippen LogP) is 0.987. The van der Waals surface area contributed by atoms with Crippen LogP contribution in [0.3, 0.4) is 0 Å². The highest BCUT2D eigenvalue weighted by Crippen LogP contribution is 2.08. The van der Waals surface area contributed by atoms with E-state index in [1.165, 1.54) is 0 Å². The molecule has 0 fully saturated rings. The topological polar surface area (TPSA) is 15.7 Å². The maximum absolute atomic E-state index is 5.30. The van der Waals surface area contributed by atoms with Gasteiger partial charge >= 0.3 is 0 Å². The summed E-state index contributed by atoms with van der Waals surface area (Å²) >= 11 is 0. The molecule has 0 saturated heterocycles. The third kappa shape index (κ3) is 4.22. The third-order valence-corrected chi connectivity index (χ3v) is 3.36. The van der Waals surface area contributed by atoms with Gasteiger partial charge in [-0.15, -0.1) is 0 Å². The van der Waals surface area contributed by atoms with Crippen molar-refractivity contribution in [3.63, 3.8) is 0 Å². The minimum atomic E-state index is -0.538. The molecule has 0 aromatic heterocycles. The molecule has 0 atom stereocenters. The van der Waals surface area contributed by atoms with E-state index in [-0.39, 0.29) is 0 Å². The van der Waals surface area contributed by atoms with E-state index in [1.54, 1.807) is 7.11 Å². The molecule has 3 nitrogen and oxygen atoms in total. The lowest BCUT2D eigenvalue weighted by molar-refractivity contribution is -0.0139. The zero-order valence-electron chi connectivity index (χ0n) is 9.87. The fourth-order valence-corrected chi connectivity index (χ4v) is 2.99. The van der Waals surface area contributed by atoms with Gasteiger partial charge in [-0.1, -0.05) is 6.92 Å². The molecule has 0 aromatic rings. The molecule has 0 unspecified atom stereocenters. The molecular weight excluding hydrogens is 180 g/mol. The van der Waals surface area contributed by atoms with Crippen LogP contribution in [-0.2, 0) is 4.43 Å². The van der Waals surface area contributed by atoms with Gasteiger partial charge in [-0.3, -0.25) is 0 Å². The van der Waals surface area contributed by atoms with E-state index in [2.05, 4.69) is 44.3 Å². The van der Waals surface area contributed by atoms with Gasteiger partial charge < -0.3 is 4.43 Å². The molecular formula is C9H24N2OSi. The van der Waals surface area contributed by atoms with Crippen molar-refractivity contribution in [3.8, 4) is 0 Å². The summed E-state index contributed by atoms with van der Waals surface area (Å²) in [7, 11) is 1.26. The molecule has 0 aromatic carbocycles. The number of hydrogen-bond donors (Lipinski definition) is 0. The van der Waals surface area contributed by atoms with Gasteiger partial charge in [0.15, 0.2) is 0 Å². The van der Waals surface area contributed by atoms with Crippen LogP contribution in [-0.4, -0.2) is 45.3 Å². The van der Waals surface area contributed by atoms with Crippen LogP contribution in [0.5, 0.6) is 0 Å². The largest absolute Gasteiger partial charge is 0.410 e. The molecule has 0 spiro atoms. The first kappa shape index (κ1) is 13.1. The first-order chi connectivity index (χ1) is 6.04. The average Bonchev–Trinajstić information content (AvgIpc) is 2.02. The van der Waals surface area contributed by atoms with E-state index < -0.39 is 9.92 Å². The Kier molecular flexibility index (Phi) is 6.58. The second-order valence-electron chi connectivity index (χ2n) is 3.81. The second-order valence-corrected chi connectivity index (χ2v) is 5.37. The maximum atomic E-state index is 5.30. The van der Waals surface area contributed by atoms with Crippen LogP contribution < -0.4 is 0 Å². The fourth-order valence-electron chi connectivity index (χ4n) is 1.72. The standard InChI is InChI=1S/C9H24N2OSi/c1-7-10(13-12-6)11(8(2)3)9(4)5/h8-9H,7,13H2,1-6H3.